The van der Waals surface area contributed by atoms with Crippen molar-refractivity contribution in [1.82, 2.24) is 5.32 Å². The van der Waals surface area contributed by atoms with E-state index >= 15 is 0 Å². The van der Waals surface area contributed by atoms with Gasteiger partial charge in [0.15, 0.2) is 0 Å². The number of Topliss-reactive ketones (excluding diaryl/α,β-unsaturated/α-hetero) is 1. The molecule has 0 spiro atoms. The summed E-state index contributed by atoms with van der Waals surface area (Å²) in [6.45, 7) is 4.98. The first-order chi connectivity index (χ1) is 14.8. The van der Waals surface area contributed by atoms with Crippen molar-refractivity contribution in [3.05, 3.63) is 58.1 Å². The molecule has 1 saturated carbocycles. The Morgan fingerprint density at radius 2 is 1.97 bits per heavy atom. The molecular formula is C24H27ClN2O4. The number of hydrogen-bond donors (Lipinski definition) is 2. The summed E-state index contributed by atoms with van der Waals surface area (Å²) < 4.78 is 5.77. The number of carbonyl (C=O) groups is 3. The van der Waals surface area contributed by atoms with Gasteiger partial charge in [0.25, 0.3) is 5.91 Å². The summed E-state index contributed by atoms with van der Waals surface area (Å²) >= 11 is 6.17. The molecule has 0 heterocycles. The van der Waals surface area contributed by atoms with E-state index in [1.165, 1.54) is 11.6 Å². The van der Waals surface area contributed by atoms with Gasteiger partial charge in [-0.3, -0.25) is 14.4 Å². The van der Waals surface area contributed by atoms with Gasteiger partial charge in [-0.2, -0.15) is 0 Å². The summed E-state index contributed by atoms with van der Waals surface area (Å²) in [5.41, 5.74) is 2.98. The second-order valence-corrected chi connectivity index (χ2v) is 8.23. The second kappa shape index (κ2) is 10.4. The normalized spacial score (nSPS) is 15.6. The highest BCUT2D eigenvalue weighted by molar-refractivity contribution is 6.34. The number of halogens is 1. The predicted molar refractivity (Wildman–Crippen MR) is 121 cm³/mol. The fourth-order valence-electron chi connectivity index (χ4n) is 3.59. The Morgan fingerprint density at radius 1 is 1.16 bits per heavy atom. The summed E-state index contributed by atoms with van der Waals surface area (Å²) in [5, 5.41) is 5.85. The minimum absolute atomic E-state index is 0.0504. The number of ketones is 1. The lowest BCUT2D eigenvalue weighted by molar-refractivity contribution is -0.129. The molecule has 0 saturated heterocycles. The number of ether oxygens (including phenoxy) is 1. The molecule has 1 aliphatic rings. The van der Waals surface area contributed by atoms with Crippen LogP contribution in [0.1, 0.15) is 47.2 Å². The first kappa shape index (κ1) is 22.8. The average molecular weight is 443 g/mol. The van der Waals surface area contributed by atoms with E-state index in [1.54, 1.807) is 12.1 Å². The van der Waals surface area contributed by atoms with Crippen LogP contribution in [-0.2, 0) is 9.59 Å². The van der Waals surface area contributed by atoms with E-state index in [9.17, 15) is 14.4 Å². The van der Waals surface area contributed by atoms with Crippen molar-refractivity contribution < 1.29 is 19.1 Å². The van der Waals surface area contributed by atoms with Crippen molar-refractivity contribution in [2.75, 3.05) is 18.5 Å². The lowest BCUT2D eigenvalue weighted by atomic mass is 10.1. The summed E-state index contributed by atoms with van der Waals surface area (Å²) in [6.07, 6.45) is 2.36. The van der Waals surface area contributed by atoms with Gasteiger partial charge < -0.3 is 15.4 Å². The molecule has 2 aromatic rings. The monoisotopic (exact) mass is 442 g/mol. The zero-order chi connectivity index (χ0) is 22.4. The molecule has 2 amide bonds. The Labute approximate surface area is 187 Å². The van der Waals surface area contributed by atoms with Crippen molar-refractivity contribution in [3.8, 4) is 5.75 Å². The second-order valence-electron chi connectivity index (χ2n) is 7.82. The lowest BCUT2D eigenvalue weighted by Gasteiger charge is -2.13. The first-order valence-corrected chi connectivity index (χ1v) is 10.8. The highest BCUT2D eigenvalue weighted by Gasteiger charge is 2.31. The summed E-state index contributed by atoms with van der Waals surface area (Å²) in [4.78, 5) is 36.6. The number of anilines is 1. The van der Waals surface area contributed by atoms with Crippen LogP contribution in [0.25, 0.3) is 0 Å². The average Bonchev–Trinajstić information content (AvgIpc) is 3.16. The lowest BCUT2D eigenvalue weighted by Crippen LogP contribution is -2.27. The Bertz CT molecular complexity index is 990. The molecule has 0 aliphatic heterocycles. The molecule has 6 nitrogen and oxygen atoms in total. The Morgan fingerprint density at radius 3 is 2.68 bits per heavy atom. The fraction of sp³-hybridized carbons (Fsp3) is 0.375. The number of carbonyl (C=O) groups excluding carboxylic acids is 3. The van der Waals surface area contributed by atoms with E-state index in [1.807, 2.05) is 26.0 Å². The maximum Gasteiger partial charge on any atom is 0.251 e. The quantitative estimate of drug-likeness (QED) is 0.466. The summed E-state index contributed by atoms with van der Waals surface area (Å²) in [7, 11) is 0. The molecular weight excluding hydrogens is 416 g/mol. The molecule has 3 rings (SSSR count). The van der Waals surface area contributed by atoms with Gasteiger partial charge in [-0.05, 0) is 62.9 Å². The molecule has 1 unspecified atom stereocenters. The van der Waals surface area contributed by atoms with Crippen molar-refractivity contribution in [3.63, 3.8) is 0 Å². The molecule has 1 fully saturated rings. The summed E-state index contributed by atoms with van der Waals surface area (Å²) in [6, 6.07) is 10.7. The number of nitrogens with one attached hydrogen (secondary N) is 2. The zero-order valence-corrected chi connectivity index (χ0v) is 18.6. The standard InChI is InChI=1S/C24H27ClN2O4/c1-15-7-10-22(16(2)13-15)31-12-4-11-26-23(29)17-8-9-19(25)20(14-17)27-24(30)18-5-3-6-21(18)28/h7-10,13-14,18H,3-6,11-12H2,1-2H3,(H,26,29)(H,27,30). The van der Waals surface area contributed by atoms with E-state index in [4.69, 9.17) is 16.3 Å². The molecule has 0 radical (unpaired) electrons. The van der Waals surface area contributed by atoms with Crippen LogP contribution >= 0.6 is 11.6 Å². The van der Waals surface area contributed by atoms with Gasteiger partial charge >= 0.3 is 0 Å². The van der Waals surface area contributed by atoms with E-state index in [-0.39, 0.29) is 17.6 Å². The third-order valence-corrected chi connectivity index (χ3v) is 5.63. The van der Waals surface area contributed by atoms with Crippen LogP contribution in [0.4, 0.5) is 5.69 Å². The molecule has 31 heavy (non-hydrogen) atoms. The molecule has 164 valence electrons. The van der Waals surface area contributed by atoms with Crippen molar-refractivity contribution >= 4 is 34.9 Å². The van der Waals surface area contributed by atoms with Crippen LogP contribution in [-0.4, -0.2) is 30.7 Å². The SMILES string of the molecule is Cc1ccc(OCCCNC(=O)c2ccc(Cl)c(NC(=O)C3CCCC3=O)c2)c(C)c1. The van der Waals surface area contributed by atoms with Gasteiger partial charge in [-0.25, -0.2) is 0 Å². The fourth-order valence-corrected chi connectivity index (χ4v) is 3.76. The smallest absolute Gasteiger partial charge is 0.251 e. The number of aryl methyl sites for hydroxylation is 2. The maximum absolute atomic E-state index is 12.5. The van der Waals surface area contributed by atoms with Crippen LogP contribution in [0.5, 0.6) is 5.75 Å². The molecule has 2 N–H and O–H groups in total. The molecule has 0 aromatic heterocycles. The summed E-state index contributed by atoms with van der Waals surface area (Å²) in [5.74, 6) is -0.479. The molecule has 1 atom stereocenters. The van der Waals surface area contributed by atoms with Crippen molar-refractivity contribution in [1.29, 1.82) is 0 Å². The van der Waals surface area contributed by atoms with Crippen LogP contribution in [0.2, 0.25) is 5.02 Å². The van der Waals surface area contributed by atoms with Crippen molar-refractivity contribution in [2.45, 2.75) is 39.5 Å². The third kappa shape index (κ3) is 6.07. The minimum atomic E-state index is -0.634. The van der Waals surface area contributed by atoms with E-state index < -0.39 is 5.92 Å². The van der Waals surface area contributed by atoms with Crippen LogP contribution in [0.3, 0.4) is 0 Å². The largest absolute Gasteiger partial charge is 0.493 e. The van der Waals surface area contributed by atoms with Gasteiger partial charge in [-0.15, -0.1) is 0 Å². The van der Waals surface area contributed by atoms with Gasteiger partial charge in [-0.1, -0.05) is 29.3 Å². The zero-order valence-electron chi connectivity index (χ0n) is 17.8. The predicted octanol–water partition coefficient (Wildman–Crippen LogP) is 4.46. The number of benzene rings is 2. The molecule has 1 aliphatic carbocycles. The Balaban J connectivity index is 1.49. The van der Waals surface area contributed by atoms with Crippen LogP contribution in [0.15, 0.2) is 36.4 Å². The van der Waals surface area contributed by atoms with Crippen molar-refractivity contribution in [2.24, 2.45) is 5.92 Å². The number of rotatable bonds is 8. The highest BCUT2D eigenvalue weighted by Crippen LogP contribution is 2.27. The maximum atomic E-state index is 12.5. The third-order valence-electron chi connectivity index (χ3n) is 5.30. The van der Waals surface area contributed by atoms with Crippen LogP contribution < -0.4 is 15.4 Å². The van der Waals surface area contributed by atoms with Gasteiger partial charge in [0, 0.05) is 18.5 Å². The number of amides is 2. The molecule has 2 aromatic carbocycles. The Hall–Kier alpha value is -2.86. The van der Waals surface area contributed by atoms with E-state index in [2.05, 4.69) is 16.7 Å². The minimum Gasteiger partial charge on any atom is -0.493 e. The first-order valence-electron chi connectivity index (χ1n) is 10.5. The van der Waals surface area contributed by atoms with Gasteiger partial charge in [0.1, 0.15) is 11.5 Å². The molecule has 0 bridgehead atoms. The Kier molecular flexibility index (Phi) is 7.69. The molecule has 7 heteroatoms. The van der Waals surface area contributed by atoms with E-state index in [0.717, 1.165) is 17.7 Å². The van der Waals surface area contributed by atoms with Crippen LogP contribution in [0, 0.1) is 19.8 Å². The van der Waals surface area contributed by atoms with Gasteiger partial charge in [0.05, 0.1) is 23.2 Å². The van der Waals surface area contributed by atoms with E-state index in [0.29, 0.717) is 48.7 Å². The topological polar surface area (TPSA) is 84.5 Å². The number of hydrogen-bond acceptors (Lipinski definition) is 4. The van der Waals surface area contributed by atoms with Gasteiger partial charge in [0.2, 0.25) is 5.91 Å². The highest BCUT2D eigenvalue weighted by atomic mass is 35.5.